The molecule has 3 heterocycles. The van der Waals surface area contributed by atoms with Gasteiger partial charge in [-0.3, -0.25) is 15.0 Å². The molecule has 0 atom stereocenters. The average molecular weight is 252 g/mol. The largest absolute Gasteiger partial charge is 0.364 e. The number of aryl methyl sites for hydroxylation is 1. The summed E-state index contributed by atoms with van der Waals surface area (Å²) in [5.74, 6) is 0.746. The van der Waals surface area contributed by atoms with Crippen molar-refractivity contribution in [2.75, 3.05) is 5.32 Å². The molecule has 0 saturated carbocycles. The molecule has 19 heavy (non-hydrogen) atoms. The van der Waals surface area contributed by atoms with E-state index in [2.05, 4.69) is 30.2 Å². The van der Waals surface area contributed by atoms with Gasteiger partial charge in [-0.05, 0) is 19.1 Å². The van der Waals surface area contributed by atoms with Crippen LogP contribution >= 0.6 is 0 Å². The minimum Gasteiger partial charge on any atom is -0.364 e. The van der Waals surface area contributed by atoms with E-state index in [1.165, 1.54) is 0 Å². The van der Waals surface area contributed by atoms with Gasteiger partial charge >= 0.3 is 0 Å². The van der Waals surface area contributed by atoms with Gasteiger partial charge in [0.25, 0.3) is 0 Å². The topological polar surface area (TPSA) is 76.5 Å². The summed E-state index contributed by atoms with van der Waals surface area (Å²) in [4.78, 5) is 21.2. The summed E-state index contributed by atoms with van der Waals surface area (Å²) < 4.78 is 0. The summed E-state index contributed by atoms with van der Waals surface area (Å²) in [5, 5.41) is 3.19. The Labute approximate surface area is 110 Å². The van der Waals surface area contributed by atoms with Crippen molar-refractivity contribution in [1.29, 1.82) is 0 Å². The van der Waals surface area contributed by atoms with Gasteiger partial charge in [-0.2, -0.15) is 0 Å². The van der Waals surface area contributed by atoms with Crippen LogP contribution in [0, 0.1) is 6.92 Å². The van der Waals surface area contributed by atoms with E-state index in [4.69, 9.17) is 0 Å². The van der Waals surface area contributed by atoms with Gasteiger partial charge in [0.15, 0.2) is 5.65 Å². The Morgan fingerprint density at radius 2 is 1.89 bits per heavy atom. The molecule has 1 N–H and O–H groups in total. The third-order valence-corrected chi connectivity index (χ3v) is 2.62. The number of nitrogens with one attached hydrogen (secondary N) is 1. The van der Waals surface area contributed by atoms with Gasteiger partial charge < -0.3 is 5.32 Å². The summed E-state index contributed by atoms with van der Waals surface area (Å²) >= 11 is 0. The molecule has 0 amide bonds. The molecule has 0 unspecified atom stereocenters. The Hall–Kier alpha value is -2.63. The van der Waals surface area contributed by atoms with Gasteiger partial charge in [0, 0.05) is 18.6 Å². The maximum Gasteiger partial charge on any atom is 0.180 e. The van der Waals surface area contributed by atoms with Crippen LogP contribution in [0.2, 0.25) is 0 Å². The van der Waals surface area contributed by atoms with E-state index in [1.54, 1.807) is 24.8 Å². The molecule has 3 rings (SSSR count). The zero-order chi connectivity index (χ0) is 13.1. The predicted molar refractivity (Wildman–Crippen MR) is 71.4 cm³/mol. The Balaban J connectivity index is 1.76. The van der Waals surface area contributed by atoms with Crippen molar-refractivity contribution in [3.8, 4) is 0 Å². The van der Waals surface area contributed by atoms with Crippen LogP contribution in [0.5, 0.6) is 0 Å². The zero-order valence-electron chi connectivity index (χ0n) is 10.4. The lowest BCUT2D eigenvalue weighted by Gasteiger charge is -2.05. The summed E-state index contributed by atoms with van der Waals surface area (Å²) in [7, 11) is 0. The minimum atomic E-state index is 0.575. The van der Waals surface area contributed by atoms with Gasteiger partial charge in [0.05, 0.1) is 24.1 Å². The van der Waals surface area contributed by atoms with E-state index in [0.717, 1.165) is 22.7 Å². The van der Waals surface area contributed by atoms with Gasteiger partial charge in [0.2, 0.25) is 0 Å². The van der Waals surface area contributed by atoms with Gasteiger partial charge in [0.1, 0.15) is 11.3 Å². The van der Waals surface area contributed by atoms with Crippen molar-refractivity contribution >= 4 is 17.0 Å². The quantitative estimate of drug-likeness (QED) is 0.765. The van der Waals surface area contributed by atoms with E-state index in [9.17, 15) is 0 Å². The number of nitrogens with zero attached hydrogens (tertiary/aromatic N) is 5. The number of hydrogen-bond donors (Lipinski definition) is 1. The van der Waals surface area contributed by atoms with Gasteiger partial charge in [-0.15, -0.1) is 0 Å². The smallest absolute Gasteiger partial charge is 0.180 e. The standard InChI is InChI=1S/C13H12N6/c1-9-6-17-10(7-16-9)8-18-12-3-2-11-13(19-12)15-5-4-14-11/h2-7H,8H2,1H3,(H,15,18,19). The monoisotopic (exact) mass is 252 g/mol. The third kappa shape index (κ3) is 2.62. The lowest BCUT2D eigenvalue weighted by atomic mass is 10.3. The van der Waals surface area contributed by atoms with E-state index in [1.807, 2.05) is 19.1 Å². The number of aromatic nitrogens is 5. The first-order chi connectivity index (χ1) is 9.31. The van der Waals surface area contributed by atoms with Crippen LogP contribution < -0.4 is 5.32 Å². The van der Waals surface area contributed by atoms with Crippen LogP contribution in [-0.2, 0) is 6.54 Å². The molecule has 0 aromatic carbocycles. The van der Waals surface area contributed by atoms with Crippen molar-refractivity contribution in [3.05, 3.63) is 48.3 Å². The Morgan fingerprint density at radius 3 is 2.74 bits per heavy atom. The van der Waals surface area contributed by atoms with Gasteiger partial charge in [-0.1, -0.05) is 0 Å². The lowest BCUT2D eigenvalue weighted by molar-refractivity contribution is 0.977. The third-order valence-electron chi connectivity index (χ3n) is 2.62. The number of pyridine rings is 1. The van der Waals surface area contributed by atoms with Crippen LogP contribution in [0.15, 0.2) is 36.9 Å². The number of anilines is 1. The molecule has 3 aromatic rings. The van der Waals surface area contributed by atoms with Gasteiger partial charge in [-0.25, -0.2) is 9.97 Å². The molecule has 3 aromatic heterocycles. The molecule has 0 aliphatic heterocycles. The van der Waals surface area contributed by atoms with E-state index < -0.39 is 0 Å². The highest BCUT2D eigenvalue weighted by molar-refractivity contribution is 5.71. The highest BCUT2D eigenvalue weighted by atomic mass is 15.0. The summed E-state index contributed by atoms with van der Waals surface area (Å²) in [5.41, 5.74) is 3.18. The molecular formula is C13H12N6. The molecule has 0 aliphatic carbocycles. The second kappa shape index (κ2) is 4.93. The molecule has 0 aliphatic rings. The highest BCUT2D eigenvalue weighted by Crippen LogP contribution is 2.10. The summed E-state index contributed by atoms with van der Waals surface area (Å²) in [6.45, 7) is 2.49. The fraction of sp³-hybridized carbons (Fsp3) is 0.154. The SMILES string of the molecule is Cc1cnc(CNc2ccc3nccnc3n2)cn1. The second-order valence-electron chi connectivity index (χ2n) is 4.10. The normalized spacial score (nSPS) is 10.6. The van der Waals surface area contributed by atoms with Crippen LogP contribution in [0.3, 0.4) is 0 Å². The highest BCUT2D eigenvalue weighted by Gasteiger charge is 2.00. The second-order valence-corrected chi connectivity index (χ2v) is 4.10. The molecule has 6 heteroatoms. The zero-order valence-corrected chi connectivity index (χ0v) is 10.4. The van der Waals surface area contributed by atoms with Crippen LogP contribution in [-0.4, -0.2) is 24.9 Å². The fourth-order valence-electron chi connectivity index (χ4n) is 1.64. The first-order valence-corrected chi connectivity index (χ1v) is 5.90. The molecule has 0 fully saturated rings. The minimum absolute atomic E-state index is 0.575. The van der Waals surface area contributed by atoms with E-state index in [0.29, 0.717) is 12.2 Å². The van der Waals surface area contributed by atoms with E-state index >= 15 is 0 Å². The first-order valence-electron chi connectivity index (χ1n) is 5.90. The molecule has 0 spiro atoms. The van der Waals surface area contributed by atoms with Crippen LogP contribution in [0.25, 0.3) is 11.2 Å². The van der Waals surface area contributed by atoms with Crippen molar-refractivity contribution < 1.29 is 0 Å². The molecular weight excluding hydrogens is 240 g/mol. The van der Waals surface area contributed by atoms with Crippen molar-refractivity contribution in [2.45, 2.75) is 13.5 Å². The number of hydrogen-bond acceptors (Lipinski definition) is 6. The average Bonchev–Trinajstić information content (AvgIpc) is 2.46. The Bertz CT molecular complexity index is 695. The maximum absolute atomic E-state index is 4.37. The fourth-order valence-corrected chi connectivity index (χ4v) is 1.64. The number of rotatable bonds is 3. The molecule has 0 radical (unpaired) electrons. The van der Waals surface area contributed by atoms with Crippen LogP contribution in [0.4, 0.5) is 5.82 Å². The molecule has 6 nitrogen and oxygen atoms in total. The van der Waals surface area contributed by atoms with Crippen molar-refractivity contribution in [1.82, 2.24) is 24.9 Å². The molecule has 94 valence electrons. The Morgan fingerprint density at radius 1 is 1.00 bits per heavy atom. The maximum atomic E-state index is 4.37. The Kier molecular flexibility index (Phi) is 2.97. The van der Waals surface area contributed by atoms with Crippen molar-refractivity contribution in [2.24, 2.45) is 0 Å². The summed E-state index contributed by atoms with van der Waals surface area (Å²) in [6, 6.07) is 3.76. The lowest BCUT2D eigenvalue weighted by Crippen LogP contribution is -2.04. The predicted octanol–water partition coefficient (Wildman–Crippen LogP) is 1.74. The van der Waals surface area contributed by atoms with Crippen molar-refractivity contribution in [3.63, 3.8) is 0 Å². The number of fused-ring (bicyclic) bond motifs is 1. The summed E-state index contributed by atoms with van der Waals surface area (Å²) in [6.07, 6.45) is 6.78. The molecule has 0 saturated heterocycles. The van der Waals surface area contributed by atoms with Crippen LogP contribution in [0.1, 0.15) is 11.4 Å². The first kappa shape index (κ1) is 11.5. The van der Waals surface area contributed by atoms with E-state index in [-0.39, 0.29) is 0 Å². The molecule has 0 bridgehead atoms.